The second-order valence-corrected chi connectivity index (χ2v) is 9.79. The molecule has 2 aromatic carbocycles. The molecule has 0 saturated heterocycles. The van der Waals surface area contributed by atoms with Crippen molar-refractivity contribution in [3.05, 3.63) is 52.8 Å². The van der Waals surface area contributed by atoms with Gasteiger partial charge in [0.05, 0.1) is 22.5 Å². The Kier molecular flexibility index (Phi) is 5.34. The maximum atomic E-state index is 14.1. The predicted molar refractivity (Wildman–Crippen MR) is 101 cm³/mol. The number of halogens is 1. The third kappa shape index (κ3) is 3.83. The van der Waals surface area contributed by atoms with Gasteiger partial charge in [-0.1, -0.05) is 18.2 Å². The summed E-state index contributed by atoms with van der Waals surface area (Å²) in [6.07, 6.45) is 0.991. The molecular weight excluding hydrogens is 379 g/mol. The fourth-order valence-electron chi connectivity index (χ4n) is 2.88. The zero-order chi connectivity index (χ0) is 19.9. The van der Waals surface area contributed by atoms with Crippen LogP contribution in [0.5, 0.6) is 0 Å². The maximum Gasteiger partial charge on any atom is 0.264 e. The van der Waals surface area contributed by atoms with Crippen LogP contribution < -0.4 is 9.03 Å². The van der Waals surface area contributed by atoms with Crippen molar-refractivity contribution in [1.82, 2.24) is 0 Å². The molecule has 26 heavy (non-hydrogen) atoms. The number of rotatable bonds is 5. The van der Waals surface area contributed by atoms with E-state index >= 15 is 0 Å². The van der Waals surface area contributed by atoms with Gasteiger partial charge >= 0.3 is 0 Å². The quantitative estimate of drug-likeness (QED) is 0.836. The highest BCUT2D eigenvalue weighted by Crippen LogP contribution is 2.34. The molecule has 0 heterocycles. The van der Waals surface area contributed by atoms with Crippen LogP contribution in [0.15, 0.2) is 35.2 Å². The smallest absolute Gasteiger partial charge is 0.264 e. The van der Waals surface area contributed by atoms with Crippen LogP contribution >= 0.6 is 0 Å². The monoisotopic (exact) mass is 400 g/mol. The molecule has 0 unspecified atom stereocenters. The van der Waals surface area contributed by atoms with Crippen molar-refractivity contribution in [2.24, 2.45) is 0 Å². The van der Waals surface area contributed by atoms with E-state index in [1.54, 1.807) is 19.9 Å². The normalized spacial score (nSPS) is 12.1. The van der Waals surface area contributed by atoms with Gasteiger partial charge in [0.25, 0.3) is 10.0 Å². The molecule has 142 valence electrons. The highest BCUT2D eigenvalue weighted by molar-refractivity contribution is 7.93. The van der Waals surface area contributed by atoms with E-state index in [-0.39, 0.29) is 21.8 Å². The van der Waals surface area contributed by atoms with Crippen LogP contribution in [0.4, 0.5) is 15.8 Å². The van der Waals surface area contributed by atoms with Crippen molar-refractivity contribution in [3.63, 3.8) is 0 Å². The minimum atomic E-state index is -4.11. The van der Waals surface area contributed by atoms with Gasteiger partial charge in [0.2, 0.25) is 10.0 Å². The zero-order valence-corrected chi connectivity index (χ0v) is 16.8. The van der Waals surface area contributed by atoms with E-state index in [0.717, 1.165) is 10.6 Å². The molecule has 0 radical (unpaired) electrons. The first-order valence-corrected chi connectivity index (χ1v) is 11.0. The molecule has 0 spiro atoms. The minimum absolute atomic E-state index is 0.0556. The summed E-state index contributed by atoms with van der Waals surface area (Å²) in [7, 11) is -6.45. The summed E-state index contributed by atoms with van der Waals surface area (Å²) in [6.45, 7) is 4.83. The van der Waals surface area contributed by atoms with Gasteiger partial charge in [0, 0.05) is 7.05 Å². The van der Waals surface area contributed by atoms with Gasteiger partial charge < -0.3 is 0 Å². The summed E-state index contributed by atoms with van der Waals surface area (Å²) >= 11 is 0. The van der Waals surface area contributed by atoms with Crippen LogP contribution in [0.1, 0.15) is 16.7 Å². The molecule has 6 nitrogen and oxygen atoms in total. The number of nitrogens with zero attached hydrogens (tertiary/aromatic N) is 1. The number of para-hydroxylation sites is 1. The SMILES string of the molecule is Cc1cc(C)c(S(=O)(=O)N(C)c2ccccc2F)c(C)c1NS(C)(=O)=O. The van der Waals surface area contributed by atoms with Crippen LogP contribution in [-0.4, -0.2) is 30.1 Å². The van der Waals surface area contributed by atoms with Crippen molar-refractivity contribution >= 4 is 31.4 Å². The Balaban J connectivity index is 2.70. The minimum Gasteiger partial charge on any atom is -0.283 e. The molecule has 0 aliphatic rings. The third-order valence-corrected chi connectivity index (χ3v) is 6.64. The predicted octanol–water partition coefficient (Wildman–Crippen LogP) is 2.95. The fourth-order valence-corrected chi connectivity index (χ4v) is 5.20. The summed E-state index contributed by atoms with van der Waals surface area (Å²) in [6, 6.07) is 7.13. The number of nitrogens with one attached hydrogen (secondary N) is 1. The third-order valence-electron chi connectivity index (χ3n) is 4.00. The van der Waals surface area contributed by atoms with Crippen molar-refractivity contribution in [1.29, 1.82) is 0 Å². The Morgan fingerprint density at radius 1 is 1.00 bits per heavy atom. The second kappa shape index (κ2) is 6.88. The summed E-state index contributed by atoms with van der Waals surface area (Å²) in [5.74, 6) is -0.671. The Hall–Kier alpha value is -2.13. The lowest BCUT2D eigenvalue weighted by Crippen LogP contribution is -2.29. The summed E-state index contributed by atoms with van der Waals surface area (Å²) in [4.78, 5) is -0.0556. The van der Waals surface area contributed by atoms with Crippen LogP contribution in [0.2, 0.25) is 0 Å². The lowest BCUT2D eigenvalue weighted by Gasteiger charge is -2.24. The second-order valence-electron chi connectivity index (χ2n) is 6.14. The molecule has 0 aromatic heterocycles. The highest BCUT2D eigenvalue weighted by Gasteiger charge is 2.29. The van der Waals surface area contributed by atoms with Gasteiger partial charge in [-0.05, 0) is 49.6 Å². The average molecular weight is 400 g/mol. The first-order valence-electron chi connectivity index (χ1n) is 7.68. The van der Waals surface area contributed by atoms with E-state index in [1.807, 2.05) is 0 Å². The fraction of sp³-hybridized carbons (Fsp3) is 0.294. The Bertz CT molecular complexity index is 1060. The number of aryl methyl sites for hydroxylation is 2. The van der Waals surface area contributed by atoms with Crippen molar-refractivity contribution < 1.29 is 21.2 Å². The summed E-state index contributed by atoms with van der Waals surface area (Å²) in [5, 5.41) is 0. The lowest BCUT2D eigenvalue weighted by atomic mass is 10.1. The van der Waals surface area contributed by atoms with Crippen LogP contribution in [-0.2, 0) is 20.0 Å². The molecule has 0 aliphatic carbocycles. The molecule has 1 N–H and O–H groups in total. The zero-order valence-electron chi connectivity index (χ0n) is 15.2. The van der Waals surface area contributed by atoms with E-state index in [2.05, 4.69) is 4.72 Å². The van der Waals surface area contributed by atoms with E-state index in [0.29, 0.717) is 11.1 Å². The average Bonchev–Trinajstić information content (AvgIpc) is 2.50. The Morgan fingerprint density at radius 3 is 2.12 bits per heavy atom. The molecular formula is C17H21FN2O4S2. The topological polar surface area (TPSA) is 83.6 Å². The molecule has 0 atom stereocenters. The molecule has 2 aromatic rings. The van der Waals surface area contributed by atoms with Crippen molar-refractivity contribution in [3.8, 4) is 0 Å². The van der Waals surface area contributed by atoms with E-state index in [4.69, 9.17) is 0 Å². The number of benzene rings is 2. The molecule has 0 aliphatic heterocycles. The largest absolute Gasteiger partial charge is 0.283 e. The van der Waals surface area contributed by atoms with Crippen LogP contribution in [0.25, 0.3) is 0 Å². The lowest BCUT2D eigenvalue weighted by molar-refractivity contribution is 0.588. The first kappa shape index (κ1) is 20.2. The Morgan fingerprint density at radius 2 is 1.58 bits per heavy atom. The summed E-state index contributed by atoms with van der Waals surface area (Å²) in [5.41, 5.74) is 1.42. The van der Waals surface area contributed by atoms with Crippen LogP contribution in [0.3, 0.4) is 0 Å². The number of anilines is 2. The molecule has 2 rings (SSSR count). The molecule has 9 heteroatoms. The van der Waals surface area contributed by atoms with Gasteiger partial charge in [0.15, 0.2) is 0 Å². The number of hydrogen-bond donors (Lipinski definition) is 1. The maximum absolute atomic E-state index is 14.1. The van der Waals surface area contributed by atoms with E-state index in [9.17, 15) is 21.2 Å². The van der Waals surface area contributed by atoms with Crippen LogP contribution in [0, 0.1) is 26.6 Å². The first-order chi connectivity index (χ1) is 11.9. The van der Waals surface area contributed by atoms with Gasteiger partial charge in [-0.2, -0.15) is 0 Å². The molecule has 0 fully saturated rings. The summed E-state index contributed by atoms with van der Waals surface area (Å²) < 4.78 is 66.8. The van der Waals surface area contributed by atoms with E-state index < -0.39 is 25.9 Å². The molecule has 0 saturated carbocycles. The standard InChI is InChI=1S/C17H21FN2O4S2/c1-11-10-12(2)17(13(3)16(11)19-25(5,21)22)26(23,24)20(4)15-9-7-6-8-14(15)18/h6-10,19H,1-5H3. The molecule has 0 bridgehead atoms. The van der Waals surface area contributed by atoms with Crippen molar-refractivity contribution in [2.45, 2.75) is 25.7 Å². The number of hydrogen-bond acceptors (Lipinski definition) is 4. The molecule has 0 amide bonds. The Labute approximate surface area is 153 Å². The van der Waals surface area contributed by atoms with Crippen molar-refractivity contribution in [2.75, 3.05) is 22.3 Å². The highest BCUT2D eigenvalue weighted by atomic mass is 32.2. The van der Waals surface area contributed by atoms with Gasteiger partial charge in [0.1, 0.15) is 5.82 Å². The van der Waals surface area contributed by atoms with E-state index in [1.165, 1.54) is 38.2 Å². The van der Waals surface area contributed by atoms with Gasteiger partial charge in [-0.25, -0.2) is 21.2 Å². The van der Waals surface area contributed by atoms with Gasteiger partial charge in [-0.3, -0.25) is 9.03 Å². The van der Waals surface area contributed by atoms with Gasteiger partial charge in [-0.15, -0.1) is 0 Å². The number of sulfonamides is 2.